The first-order valence-electron chi connectivity index (χ1n) is 7.00. The second-order valence-corrected chi connectivity index (χ2v) is 8.19. The maximum atomic E-state index is 6.18. The van der Waals surface area contributed by atoms with Crippen molar-refractivity contribution in [1.29, 1.82) is 0 Å². The quantitative estimate of drug-likeness (QED) is 0.587. The zero-order chi connectivity index (χ0) is 16.0. The molecule has 0 bridgehead atoms. The van der Waals surface area contributed by atoms with Crippen LogP contribution in [-0.4, -0.2) is 28.2 Å². The van der Waals surface area contributed by atoms with Gasteiger partial charge in [-0.05, 0) is 30.6 Å². The minimum atomic E-state index is -0.821. The molecule has 0 amide bonds. The molecule has 1 aromatic heterocycles. The molecule has 1 aromatic rings. The third-order valence-corrected chi connectivity index (χ3v) is 3.61. The highest BCUT2D eigenvalue weighted by Crippen LogP contribution is 2.36. The van der Waals surface area contributed by atoms with Crippen molar-refractivity contribution in [3.05, 3.63) is 29.8 Å². The van der Waals surface area contributed by atoms with Crippen LogP contribution in [0, 0.1) is 5.41 Å². The first-order valence-corrected chi connectivity index (χ1v) is 9.41. The van der Waals surface area contributed by atoms with E-state index >= 15 is 0 Å². The highest BCUT2D eigenvalue weighted by Gasteiger charge is 2.29. The summed E-state index contributed by atoms with van der Waals surface area (Å²) < 4.78 is 16.5. The standard InChI is InChI=1S/C16H26NO3Si/c1-16(2,3)15(20-21(6)7)13-8-9-14(19-5)12(17-13)10-11-18-4/h8-11,15H,1-7H3/b11-10+. The average Bonchev–Trinajstić information content (AvgIpc) is 2.40. The lowest BCUT2D eigenvalue weighted by Gasteiger charge is -2.32. The third kappa shape index (κ3) is 5.17. The molecular formula is C16H26NO3Si. The summed E-state index contributed by atoms with van der Waals surface area (Å²) in [6, 6.07) is 3.90. The molecule has 0 saturated heterocycles. The summed E-state index contributed by atoms with van der Waals surface area (Å²) in [5.74, 6) is 0.721. The van der Waals surface area contributed by atoms with Crippen LogP contribution in [0.3, 0.4) is 0 Å². The van der Waals surface area contributed by atoms with Gasteiger partial charge in [0, 0.05) is 6.08 Å². The molecule has 0 aliphatic rings. The van der Waals surface area contributed by atoms with Gasteiger partial charge in [0.15, 0.2) is 0 Å². The maximum Gasteiger partial charge on any atom is 0.205 e. The molecule has 0 aromatic carbocycles. The monoisotopic (exact) mass is 308 g/mol. The van der Waals surface area contributed by atoms with Gasteiger partial charge in [0.25, 0.3) is 0 Å². The van der Waals surface area contributed by atoms with Crippen molar-refractivity contribution in [2.75, 3.05) is 14.2 Å². The molecule has 1 radical (unpaired) electrons. The SMILES string of the molecule is CO/C=C/c1nc(C(O[Si](C)C)C(C)(C)C)ccc1OC. The van der Waals surface area contributed by atoms with Gasteiger partial charge in [0.05, 0.1) is 32.3 Å². The minimum absolute atomic E-state index is 0.0221. The van der Waals surface area contributed by atoms with Crippen molar-refractivity contribution in [3.63, 3.8) is 0 Å². The van der Waals surface area contributed by atoms with Gasteiger partial charge in [-0.15, -0.1) is 0 Å². The van der Waals surface area contributed by atoms with Gasteiger partial charge >= 0.3 is 0 Å². The number of nitrogens with zero attached hydrogens (tertiary/aromatic N) is 1. The van der Waals surface area contributed by atoms with E-state index in [1.165, 1.54) is 0 Å². The molecule has 5 heteroatoms. The molecule has 4 nitrogen and oxygen atoms in total. The molecule has 0 aliphatic carbocycles. The Balaban J connectivity index is 3.23. The first kappa shape index (κ1) is 17.7. The van der Waals surface area contributed by atoms with Crippen molar-refractivity contribution in [1.82, 2.24) is 4.98 Å². The number of rotatable bonds is 6. The predicted octanol–water partition coefficient (Wildman–Crippen LogP) is 4.06. The van der Waals surface area contributed by atoms with E-state index < -0.39 is 9.04 Å². The Morgan fingerprint density at radius 3 is 2.33 bits per heavy atom. The summed E-state index contributed by atoms with van der Waals surface area (Å²) in [4.78, 5) is 4.70. The van der Waals surface area contributed by atoms with E-state index in [9.17, 15) is 0 Å². The fourth-order valence-corrected chi connectivity index (χ4v) is 2.91. The normalized spacial score (nSPS) is 13.7. The van der Waals surface area contributed by atoms with Crippen LogP contribution in [-0.2, 0) is 9.16 Å². The molecule has 21 heavy (non-hydrogen) atoms. The summed E-state index contributed by atoms with van der Waals surface area (Å²) >= 11 is 0. The first-order chi connectivity index (χ1) is 9.79. The van der Waals surface area contributed by atoms with Crippen molar-refractivity contribution in [3.8, 4) is 5.75 Å². The van der Waals surface area contributed by atoms with Crippen LogP contribution in [0.4, 0.5) is 0 Å². The number of aromatic nitrogens is 1. The number of methoxy groups -OCH3 is 2. The molecular weight excluding hydrogens is 282 g/mol. The fraction of sp³-hybridized carbons (Fsp3) is 0.562. The largest absolute Gasteiger partial charge is 0.504 e. The van der Waals surface area contributed by atoms with E-state index in [4.69, 9.17) is 18.9 Å². The topological polar surface area (TPSA) is 40.6 Å². The maximum absolute atomic E-state index is 6.18. The van der Waals surface area contributed by atoms with E-state index in [2.05, 4.69) is 33.9 Å². The lowest BCUT2D eigenvalue weighted by atomic mass is 9.87. The van der Waals surface area contributed by atoms with E-state index in [-0.39, 0.29) is 11.5 Å². The van der Waals surface area contributed by atoms with E-state index in [1.54, 1.807) is 26.6 Å². The van der Waals surface area contributed by atoms with Gasteiger partial charge in [-0.3, -0.25) is 0 Å². The zero-order valence-corrected chi connectivity index (χ0v) is 15.1. The highest BCUT2D eigenvalue weighted by molar-refractivity contribution is 6.48. The molecule has 0 N–H and O–H groups in total. The van der Waals surface area contributed by atoms with Crippen molar-refractivity contribution in [2.45, 2.75) is 40.0 Å². The van der Waals surface area contributed by atoms with Crippen molar-refractivity contribution < 1.29 is 13.9 Å². The molecule has 0 aliphatic heterocycles. The van der Waals surface area contributed by atoms with Crippen LogP contribution in [0.2, 0.25) is 13.1 Å². The Kier molecular flexibility index (Phi) is 6.42. The summed E-state index contributed by atoms with van der Waals surface area (Å²) in [5.41, 5.74) is 1.65. The van der Waals surface area contributed by atoms with Gasteiger partial charge < -0.3 is 13.9 Å². The molecule has 1 heterocycles. The molecule has 0 saturated carbocycles. The second kappa shape index (κ2) is 7.61. The third-order valence-electron chi connectivity index (χ3n) is 2.90. The van der Waals surface area contributed by atoms with Crippen LogP contribution >= 0.6 is 0 Å². The lowest BCUT2D eigenvalue weighted by Crippen LogP contribution is -2.26. The summed E-state index contributed by atoms with van der Waals surface area (Å²) in [6.45, 7) is 10.8. The van der Waals surface area contributed by atoms with Gasteiger partial charge in [-0.25, -0.2) is 4.98 Å². The van der Waals surface area contributed by atoms with Gasteiger partial charge in [0.2, 0.25) is 9.04 Å². The Labute approximate surface area is 129 Å². The van der Waals surface area contributed by atoms with Crippen LogP contribution in [0.15, 0.2) is 18.4 Å². The van der Waals surface area contributed by atoms with E-state index in [1.807, 2.05) is 12.1 Å². The predicted molar refractivity (Wildman–Crippen MR) is 87.6 cm³/mol. The van der Waals surface area contributed by atoms with Gasteiger partial charge in [-0.1, -0.05) is 20.8 Å². The van der Waals surface area contributed by atoms with Crippen LogP contribution in [0.1, 0.15) is 38.3 Å². The molecule has 1 unspecified atom stereocenters. The number of hydrogen-bond donors (Lipinski definition) is 0. The molecule has 1 rings (SSSR count). The summed E-state index contributed by atoms with van der Waals surface area (Å²) in [5, 5.41) is 0. The van der Waals surface area contributed by atoms with Gasteiger partial charge in [0.1, 0.15) is 11.4 Å². The smallest absolute Gasteiger partial charge is 0.205 e. The number of hydrogen-bond acceptors (Lipinski definition) is 4. The Bertz CT molecular complexity index is 481. The highest BCUT2D eigenvalue weighted by atomic mass is 28.3. The lowest BCUT2D eigenvalue weighted by molar-refractivity contribution is 0.0826. The van der Waals surface area contributed by atoms with Crippen LogP contribution < -0.4 is 4.74 Å². The number of pyridine rings is 1. The number of ether oxygens (including phenoxy) is 2. The zero-order valence-electron chi connectivity index (χ0n) is 14.1. The average molecular weight is 308 g/mol. The minimum Gasteiger partial charge on any atom is -0.504 e. The van der Waals surface area contributed by atoms with Crippen LogP contribution in [0.5, 0.6) is 5.75 Å². The Morgan fingerprint density at radius 2 is 1.86 bits per heavy atom. The summed E-state index contributed by atoms with van der Waals surface area (Å²) in [6.07, 6.45) is 3.35. The van der Waals surface area contributed by atoms with E-state index in [0.717, 1.165) is 17.1 Å². The van der Waals surface area contributed by atoms with Crippen molar-refractivity contribution >= 4 is 15.1 Å². The van der Waals surface area contributed by atoms with E-state index in [0.29, 0.717) is 0 Å². The summed E-state index contributed by atoms with van der Waals surface area (Å²) in [7, 11) is 2.42. The van der Waals surface area contributed by atoms with Crippen molar-refractivity contribution in [2.24, 2.45) is 5.41 Å². The molecule has 117 valence electrons. The van der Waals surface area contributed by atoms with Gasteiger partial charge in [-0.2, -0.15) is 0 Å². The van der Waals surface area contributed by atoms with Crippen LogP contribution in [0.25, 0.3) is 6.08 Å². The molecule has 0 spiro atoms. The fourth-order valence-electron chi connectivity index (χ4n) is 1.96. The second-order valence-electron chi connectivity index (χ2n) is 6.13. The Morgan fingerprint density at radius 1 is 1.19 bits per heavy atom. The molecule has 0 fully saturated rings. The Hall–Kier alpha value is -1.33. The molecule has 1 atom stereocenters.